The summed E-state index contributed by atoms with van der Waals surface area (Å²) in [6, 6.07) is -1.19. The first-order valence-electron chi connectivity index (χ1n) is 6.76. The molecule has 0 radical (unpaired) electrons. The number of hydrogen-bond acceptors (Lipinski definition) is 3. The Hall–Kier alpha value is -1.30. The van der Waals surface area contributed by atoms with E-state index in [4.69, 9.17) is 9.84 Å². The number of ether oxygens (including phenoxy) is 1. The second-order valence-corrected chi connectivity index (χ2v) is 5.49. The van der Waals surface area contributed by atoms with E-state index in [2.05, 4.69) is 5.32 Å². The van der Waals surface area contributed by atoms with Crippen molar-refractivity contribution in [3.05, 3.63) is 0 Å². The van der Waals surface area contributed by atoms with Gasteiger partial charge in [0, 0.05) is 20.2 Å². The van der Waals surface area contributed by atoms with Crippen LogP contribution in [0.1, 0.15) is 33.1 Å². The summed E-state index contributed by atoms with van der Waals surface area (Å²) in [5.74, 6) is -0.780. The number of nitrogens with one attached hydrogen (secondary N) is 1. The average Bonchev–Trinajstić information content (AvgIpc) is 2.79. The van der Waals surface area contributed by atoms with Gasteiger partial charge in [-0.05, 0) is 25.2 Å². The van der Waals surface area contributed by atoms with Gasteiger partial charge < -0.3 is 20.1 Å². The van der Waals surface area contributed by atoms with Crippen LogP contribution in [-0.2, 0) is 9.53 Å². The Labute approximate surface area is 114 Å². The van der Waals surface area contributed by atoms with Crippen LogP contribution in [0, 0.1) is 5.92 Å². The van der Waals surface area contributed by atoms with Gasteiger partial charge in [0.25, 0.3) is 0 Å². The van der Waals surface area contributed by atoms with Gasteiger partial charge in [-0.1, -0.05) is 13.8 Å². The van der Waals surface area contributed by atoms with Crippen LogP contribution in [0.2, 0.25) is 0 Å². The molecule has 0 aromatic rings. The van der Waals surface area contributed by atoms with Crippen molar-refractivity contribution in [2.45, 2.75) is 45.3 Å². The fourth-order valence-corrected chi connectivity index (χ4v) is 2.13. The maximum atomic E-state index is 11.9. The van der Waals surface area contributed by atoms with Crippen molar-refractivity contribution in [2.75, 3.05) is 20.2 Å². The van der Waals surface area contributed by atoms with Gasteiger partial charge >= 0.3 is 12.0 Å². The highest BCUT2D eigenvalue weighted by Crippen LogP contribution is 2.13. The normalized spacial score (nSPS) is 20.3. The molecule has 2 N–H and O–H groups in total. The molecule has 1 heterocycles. The summed E-state index contributed by atoms with van der Waals surface area (Å²) in [6.45, 7) is 5.10. The van der Waals surface area contributed by atoms with E-state index in [1.165, 1.54) is 4.90 Å². The molecule has 1 aliphatic heterocycles. The van der Waals surface area contributed by atoms with Crippen molar-refractivity contribution in [3.63, 3.8) is 0 Å². The highest BCUT2D eigenvalue weighted by atomic mass is 16.5. The number of carboxylic acid groups (broad SMARTS) is 1. The third-order valence-corrected chi connectivity index (χ3v) is 3.15. The lowest BCUT2D eigenvalue weighted by Crippen LogP contribution is -2.48. The second kappa shape index (κ2) is 7.33. The topological polar surface area (TPSA) is 78.9 Å². The third-order valence-electron chi connectivity index (χ3n) is 3.15. The molecular formula is C13H24N2O4. The predicted molar refractivity (Wildman–Crippen MR) is 71.0 cm³/mol. The van der Waals surface area contributed by atoms with Gasteiger partial charge in [0.05, 0.1) is 6.10 Å². The molecule has 1 rings (SSSR count). The molecule has 1 fully saturated rings. The maximum Gasteiger partial charge on any atom is 0.326 e. The molecule has 19 heavy (non-hydrogen) atoms. The van der Waals surface area contributed by atoms with E-state index < -0.39 is 12.0 Å². The lowest BCUT2D eigenvalue weighted by molar-refractivity contribution is -0.139. The first-order chi connectivity index (χ1) is 8.90. The van der Waals surface area contributed by atoms with Gasteiger partial charge in [0.1, 0.15) is 6.04 Å². The number of aliphatic carboxylic acids is 1. The van der Waals surface area contributed by atoms with Crippen molar-refractivity contribution < 1.29 is 19.4 Å². The molecular weight excluding hydrogens is 248 g/mol. The number of carbonyl (C=O) groups excluding carboxylic acids is 1. The van der Waals surface area contributed by atoms with Crippen molar-refractivity contribution in [2.24, 2.45) is 5.92 Å². The van der Waals surface area contributed by atoms with Crippen molar-refractivity contribution in [1.82, 2.24) is 10.2 Å². The van der Waals surface area contributed by atoms with Gasteiger partial charge in [-0.3, -0.25) is 0 Å². The number of nitrogens with zero attached hydrogens (tertiary/aromatic N) is 1. The number of hydrogen-bond donors (Lipinski definition) is 2. The first-order valence-corrected chi connectivity index (χ1v) is 6.76. The van der Waals surface area contributed by atoms with Crippen molar-refractivity contribution in [1.29, 1.82) is 0 Å². The summed E-state index contributed by atoms with van der Waals surface area (Å²) in [4.78, 5) is 24.5. The molecule has 0 saturated carbocycles. The Balaban J connectivity index is 2.43. The van der Waals surface area contributed by atoms with E-state index in [1.807, 2.05) is 13.8 Å². The molecule has 0 bridgehead atoms. The van der Waals surface area contributed by atoms with Gasteiger partial charge in [0.15, 0.2) is 0 Å². The van der Waals surface area contributed by atoms with Crippen molar-refractivity contribution >= 4 is 12.0 Å². The smallest absolute Gasteiger partial charge is 0.326 e. The number of carbonyl (C=O) groups is 2. The molecule has 6 heteroatoms. The van der Waals surface area contributed by atoms with Crippen LogP contribution >= 0.6 is 0 Å². The first kappa shape index (κ1) is 15.8. The Kier molecular flexibility index (Phi) is 6.08. The van der Waals surface area contributed by atoms with Crippen LogP contribution < -0.4 is 5.32 Å². The maximum absolute atomic E-state index is 11.9. The molecule has 1 saturated heterocycles. The quantitative estimate of drug-likeness (QED) is 0.764. The largest absolute Gasteiger partial charge is 0.480 e. The van der Waals surface area contributed by atoms with Crippen LogP contribution in [0.5, 0.6) is 0 Å². The zero-order chi connectivity index (χ0) is 14.4. The summed E-state index contributed by atoms with van der Waals surface area (Å²) < 4.78 is 5.45. The summed E-state index contributed by atoms with van der Waals surface area (Å²) in [7, 11) is 1.66. The van der Waals surface area contributed by atoms with E-state index in [1.54, 1.807) is 7.05 Å². The van der Waals surface area contributed by atoms with Gasteiger partial charge in [0.2, 0.25) is 0 Å². The SMILES string of the molecule is CC(C)C[C@H](NC(=O)N(C)CC1CCCO1)C(=O)O. The standard InChI is InChI=1S/C13H24N2O4/c1-9(2)7-11(12(16)17)14-13(18)15(3)8-10-5-4-6-19-10/h9-11H,4-8H2,1-3H3,(H,14,18)(H,16,17)/t10?,11-/m0/s1. The minimum Gasteiger partial charge on any atom is -0.480 e. The van der Waals surface area contributed by atoms with E-state index in [0.717, 1.165) is 19.4 Å². The van der Waals surface area contributed by atoms with Crippen LogP contribution in [0.25, 0.3) is 0 Å². The van der Waals surface area contributed by atoms with Gasteiger partial charge in [-0.2, -0.15) is 0 Å². The molecule has 6 nitrogen and oxygen atoms in total. The van der Waals surface area contributed by atoms with Crippen molar-refractivity contribution in [3.8, 4) is 0 Å². The zero-order valence-corrected chi connectivity index (χ0v) is 11.9. The molecule has 0 aliphatic carbocycles. The van der Waals surface area contributed by atoms with Gasteiger partial charge in [-0.15, -0.1) is 0 Å². The average molecular weight is 272 g/mol. The highest BCUT2D eigenvalue weighted by Gasteiger charge is 2.25. The van der Waals surface area contributed by atoms with Crippen LogP contribution in [0.3, 0.4) is 0 Å². The highest BCUT2D eigenvalue weighted by molar-refractivity contribution is 5.82. The lowest BCUT2D eigenvalue weighted by atomic mass is 10.0. The minimum atomic E-state index is -0.993. The molecule has 2 amide bonds. The van der Waals surface area contributed by atoms with E-state index >= 15 is 0 Å². The predicted octanol–water partition coefficient (Wildman–Crippen LogP) is 1.31. The molecule has 1 aliphatic rings. The molecule has 2 atom stereocenters. The molecule has 1 unspecified atom stereocenters. The number of likely N-dealkylation sites (N-methyl/N-ethyl adjacent to an activating group) is 1. The Morgan fingerprint density at radius 3 is 2.63 bits per heavy atom. The minimum absolute atomic E-state index is 0.0733. The summed E-state index contributed by atoms with van der Waals surface area (Å²) >= 11 is 0. The van der Waals surface area contributed by atoms with Crippen LogP contribution in [0.15, 0.2) is 0 Å². The second-order valence-electron chi connectivity index (χ2n) is 5.49. The fourth-order valence-electron chi connectivity index (χ4n) is 2.13. The Bertz CT molecular complexity index is 314. The van der Waals surface area contributed by atoms with Crippen LogP contribution in [-0.4, -0.2) is 54.4 Å². The number of carboxylic acids is 1. The number of urea groups is 1. The summed E-state index contributed by atoms with van der Waals surface area (Å²) in [5.41, 5.74) is 0. The number of amides is 2. The van der Waals surface area contributed by atoms with E-state index in [9.17, 15) is 9.59 Å². The zero-order valence-electron chi connectivity index (χ0n) is 11.9. The molecule has 110 valence electrons. The molecule has 0 aromatic carbocycles. The van der Waals surface area contributed by atoms with E-state index in [0.29, 0.717) is 13.0 Å². The number of rotatable bonds is 6. The van der Waals surface area contributed by atoms with Crippen LogP contribution in [0.4, 0.5) is 4.79 Å². The Morgan fingerprint density at radius 1 is 1.47 bits per heavy atom. The molecule has 0 spiro atoms. The third kappa shape index (κ3) is 5.46. The fraction of sp³-hybridized carbons (Fsp3) is 0.846. The monoisotopic (exact) mass is 272 g/mol. The van der Waals surface area contributed by atoms with Gasteiger partial charge in [-0.25, -0.2) is 9.59 Å². The Morgan fingerprint density at radius 2 is 2.16 bits per heavy atom. The summed E-state index contributed by atoms with van der Waals surface area (Å²) in [6.07, 6.45) is 2.47. The summed E-state index contributed by atoms with van der Waals surface area (Å²) in [5, 5.41) is 11.6. The van der Waals surface area contributed by atoms with E-state index in [-0.39, 0.29) is 18.1 Å². The lowest BCUT2D eigenvalue weighted by Gasteiger charge is -2.24. The molecule has 0 aromatic heterocycles.